The Morgan fingerprint density at radius 1 is 0.671 bits per heavy atom. The molecule has 0 radical (unpaired) electrons. The van der Waals surface area contributed by atoms with Gasteiger partial charge in [-0.1, -0.05) is 18.2 Å². The number of aliphatic hydroxyl groups is 9. The topological polar surface area (TPSA) is 362 Å². The van der Waals surface area contributed by atoms with Gasteiger partial charge < -0.3 is 108 Å². The lowest BCUT2D eigenvalue weighted by atomic mass is 9.85. The molecular formula is C46H56O24. The zero-order chi connectivity index (χ0) is 50.2. The minimum absolute atomic E-state index is 0.325. The SMILES string of the molecule is COc1ccc(/C=C/C(=O)O[C@@H]2[C@@H](O[C@@H]3O[C@H](COC(=O)/C=C/c4ccc(O)c(O)c4)[C@@H](O)[C@H](O)[C@H]3O)[C@@H](O)[C@H](O[C@H]3[C@@H]4C=CO[C@@H](O[C@@H]5O[C@H](CO)[C@@H](O)[C@H](O)[C@H]5O)[C@@H]4[C@@]4(CO)O[C@@H]34)O[C@H]2C)cc1. The van der Waals surface area contributed by atoms with Crippen molar-refractivity contribution in [3.05, 3.63) is 78.1 Å². The molecule has 24 heteroatoms. The van der Waals surface area contributed by atoms with E-state index in [0.29, 0.717) is 16.9 Å². The Morgan fingerprint density at radius 2 is 1.29 bits per heavy atom. The first-order valence-electron chi connectivity index (χ1n) is 22.3. The van der Waals surface area contributed by atoms with E-state index in [-0.39, 0.29) is 5.75 Å². The van der Waals surface area contributed by atoms with Gasteiger partial charge in [-0.05, 0) is 60.5 Å². The van der Waals surface area contributed by atoms with Crippen LogP contribution in [0, 0.1) is 11.8 Å². The number of rotatable bonds is 16. The number of epoxide rings is 1. The van der Waals surface area contributed by atoms with Gasteiger partial charge in [-0.3, -0.25) is 0 Å². The molecule has 8 rings (SSSR count). The second kappa shape index (κ2) is 21.5. The molecule has 6 aliphatic rings. The van der Waals surface area contributed by atoms with Crippen molar-refractivity contribution >= 4 is 24.1 Å². The highest BCUT2D eigenvalue weighted by Crippen LogP contribution is 2.61. The average molecular weight is 993 g/mol. The quantitative estimate of drug-likeness (QED) is 0.0346. The number of methoxy groups -OCH3 is 1. The van der Waals surface area contributed by atoms with Crippen LogP contribution >= 0.6 is 0 Å². The normalized spacial score (nSPS) is 41.1. The molecular weight excluding hydrogens is 936 g/mol. The number of hydrogen-bond acceptors (Lipinski definition) is 24. The lowest BCUT2D eigenvalue weighted by Crippen LogP contribution is -2.65. The summed E-state index contributed by atoms with van der Waals surface area (Å²) in [5.41, 5.74) is -0.460. The van der Waals surface area contributed by atoms with Crippen LogP contribution in [0.4, 0.5) is 0 Å². The predicted octanol–water partition coefficient (Wildman–Crippen LogP) is -2.97. The molecule has 70 heavy (non-hydrogen) atoms. The molecule has 5 heterocycles. The molecule has 384 valence electrons. The lowest BCUT2D eigenvalue weighted by Gasteiger charge is -2.47. The van der Waals surface area contributed by atoms with Gasteiger partial charge in [-0.2, -0.15) is 0 Å². The number of fused-ring (bicyclic) bond motifs is 3. The number of benzene rings is 2. The summed E-state index contributed by atoms with van der Waals surface area (Å²) in [7, 11) is 1.50. The number of hydrogen-bond donors (Lipinski definition) is 11. The van der Waals surface area contributed by atoms with Crippen LogP contribution in [0.3, 0.4) is 0 Å². The highest BCUT2D eigenvalue weighted by Gasteiger charge is 2.77. The number of phenols is 2. The van der Waals surface area contributed by atoms with E-state index in [9.17, 15) is 65.8 Å². The molecule has 0 amide bonds. The largest absolute Gasteiger partial charge is 0.504 e. The van der Waals surface area contributed by atoms with Crippen molar-refractivity contribution < 1.29 is 118 Å². The summed E-state index contributed by atoms with van der Waals surface area (Å²) in [6, 6.07) is 10.5. The maximum atomic E-state index is 13.4. The lowest BCUT2D eigenvalue weighted by molar-refractivity contribution is -0.364. The van der Waals surface area contributed by atoms with Crippen LogP contribution in [0.5, 0.6) is 17.2 Å². The van der Waals surface area contributed by atoms with Gasteiger partial charge >= 0.3 is 11.9 Å². The van der Waals surface area contributed by atoms with Crippen molar-refractivity contribution in [1.82, 2.24) is 0 Å². The van der Waals surface area contributed by atoms with Crippen LogP contribution in [0.2, 0.25) is 0 Å². The number of phenolic OH excluding ortho intramolecular Hbond substituents is 2. The van der Waals surface area contributed by atoms with Gasteiger partial charge in [0.05, 0.1) is 44.7 Å². The number of carbonyl (C=O) groups is 2. The van der Waals surface area contributed by atoms with Crippen molar-refractivity contribution in [2.24, 2.45) is 11.8 Å². The molecule has 0 bridgehead atoms. The summed E-state index contributed by atoms with van der Waals surface area (Å²) in [6.07, 6.45) is -21.0. The molecule has 5 fully saturated rings. The summed E-state index contributed by atoms with van der Waals surface area (Å²) < 4.78 is 64.0. The first-order chi connectivity index (χ1) is 33.5. The second-order valence-electron chi connectivity index (χ2n) is 17.6. The molecule has 0 aromatic heterocycles. The van der Waals surface area contributed by atoms with E-state index in [4.69, 9.17) is 52.1 Å². The van der Waals surface area contributed by atoms with Crippen LogP contribution in [0.25, 0.3) is 12.2 Å². The van der Waals surface area contributed by atoms with Crippen LogP contribution < -0.4 is 4.74 Å². The van der Waals surface area contributed by atoms with Gasteiger partial charge in [-0.15, -0.1) is 0 Å². The smallest absolute Gasteiger partial charge is 0.331 e. The van der Waals surface area contributed by atoms with Crippen molar-refractivity contribution in [2.45, 2.75) is 123 Å². The first-order valence-corrected chi connectivity index (χ1v) is 22.3. The molecule has 24 nitrogen and oxygen atoms in total. The summed E-state index contributed by atoms with van der Waals surface area (Å²) in [6.45, 7) is -0.545. The van der Waals surface area contributed by atoms with E-state index in [1.165, 1.54) is 50.6 Å². The molecule has 21 atom stereocenters. The van der Waals surface area contributed by atoms with Gasteiger partial charge in [0.1, 0.15) is 85.1 Å². The Labute approximate surface area is 398 Å². The molecule has 1 saturated carbocycles. The Morgan fingerprint density at radius 3 is 1.96 bits per heavy atom. The number of aromatic hydroxyl groups is 2. The van der Waals surface area contributed by atoms with E-state index in [2.05, 4.69) is 0 Å². The molecule has 11 N–H and O–H groups in total. The van der Waals surface area contributed by atoms with Gasteiger partial charge in [0.25, 0.3) is 0 Å². The highest BCUT2D eigenvalue weighted by atomic mass is 16.8. The minimum atomic E-state index is -2.01. The van der Waals surface area contributed by atoms with Gasteiger partial charge in [0.15, 0.2) is 36.5 Å². The minimum Gasteiger partial charge on any atom is -0.504 e. The predicted molar refractivity (Wildman–Crippen MR) is 229 cm³/mol. The standard InChI is InChI=1S/C46H56O24/c1-19-38(66-29(52)12-6-20-3-8-22(60-2)9-4-20)40(68-43-35(57)34(56)32(54)27(65-43)17-62-28(51)11-7-21-5-10-24(49)25(50)15-21)37(59)45(63-19)67-39-23-13-14-61-42(30(23)46(18-48)41(39)70-46)69-44-36(58)33(55)31(53)26(16-47)64-44/h3-15,19,23,26-27,30-45,47-50,53-59H,16-18H2,1-2H3/b11-7+,12-6+/t19-,23+,26+,27+,30+,31+,32+,33-,34-,35+,36+,37+,38-,39-,40-,41-,42-,43-,44-,45-,46+/m0/s1. The molecule has 0 unspecified atom stereocenters. The summed E-state index contributed by atoms with van der Waals surface area (Å²) in [5, 5.41) is 116. The van der Waals surface area contributed by atoms with Crippen molar-refractivity contribution in [3.8, 4) is 17.2 Å². The third kappa shape index (κ3) is 10.4. The van der Waals surface area contributed by atoms with Gasteiger partial charge in [-0.25, -0.2) is 9.59 Å². The zero-order valence-corrected chi connectivity index (χ0v) is 37.4. The average Bonchev–Trinajstić information content (AvgIpc) is 4.03. The molecule has 5 aliphatic heterocycles. The number of aliphatic hydroxyl groups excluding tert-OH is 9. The third-order valence-corrected chi connectivity index (χ3v) is 13.2. The maximum absolute atomic E-state index is 13.4. The fourth-order valence-corrected chi connectivity index (χ4v) is 9.28. The molecule has 4 saturated heterocycles. The van der Waals surface area contributed by atoms with E-state index in [1.807, 2.05) is 0 Å². The monoisotopic (exact) mass is 992 g/mol. The number of ether oxygens (including phenoxy) is 11. The summed E-state index contributed by atoms with van der Waals surface area (Å²) in [5.74, 6) is -3.74. The Balaban J connectivity index is 1.00. The van der Waals surface area contributed by atoms with E-state index >= 15 is 0 Å². The molecule has 1 aliphatic carbocycles. The fourth-order valence-electron chi connectivity index (χ4n) is 9.28. The first kappa shape index (κ1) is 51.5. The van der Waals surface area contributed by atoms with Gasteiger partial charge in [0.2, 0.25) is 6.29 Å². The van der Waals surface area contributed by atoms with Gasteiger partial charge in [0, 0.05) is 18.1 Å². The van der Waals surface area contributed by atoms with Crippen LogP contribution in [0.15, 0.2) is 67.0 Å². The zero-order valence-electron chi connectivity index (χ0n) is 37.4. The van der Waals surface area contributed by atoms with E-state index in [0.717, 1.165) is 12.2 Å². The van der Waals surface area contributed by atoms with E-state index < -0.39 is 166 Å². The summed E-state index contributed by atoms with van der Waals surface area (Å²) >= 11 is 0. The number of esters is 2. The van der Waals surface area contributed by atoms with Crippen molar-refractivity contribution in [3.63, 3.8) is 0 Å². The van der Waals surface area contributed by atoms with Crippen LogP contribution in [0.1, 0.15) is 18.1 Å². The van der Waals surface area contributed by atoms with Crippen LogP contribution in [-0.2, 0) is 57.0 Å². The Kier molecular flexibility index (Phi) is 15.8. The van der Waals surface area contributed by atoms with Crippen molar-refractivity contribution in [2.75, 3.05) is 26.9 Å². The molecule has 0 spiro atoms. The van der Waals surface area contributed by atoms with Crippen molar-refractivity contribution in [1.29, 1.82) is 0 Å². The second-order valence-corrected chi connectivity index (χ2v) is 17.6. The highest BCUT2D eigenvalue weighted by molar-refractivity contribution is 5.87. The number of carbonyl (C=O) groups excluding carboxylic acids is 2. The Hall–Kier alpha value is -4.84. The molecule has 2 aromatic rings. The third-order valence-electron chi connectivity index (χ3n) is 13.2. The fraction of sp³-hybridized carbons (Fsp3) is 0.565. The molecule has 2 aromatic carbocycles. The van der Waals surface area contributed by atoms with Crippen LogP contribution in [-0.4, -0.2) is 211 Å². The summed E-state index contributed by atoms with van der Waals surface area (Å²) in [4.78, 5) is 26.1. The maximum Gasteiger partial charge on any atom is 0.331 e. The van der Waals surface area contributed by atoms with E-state index in [1.54, 1.807) is 30.3 Å². The Bertz CT molecular complexity index is 2220.